The summed E-state index contributed by atoms with van der Waals surface area (Å²) < 4.78 is 17.6. The lowest BCUT2D eigenvalue weighted by molar-refractivity contribution is -0.193. The fourth-order valence-electron chi connectivity index (χ4n) is 10.1. The maximum absolute atomic E-state index is 13.7. The highest BCUT2D eigenvalue weighted by atomic mass is 16.6. The van der Waals surface area contributed by atoms with Crippen LogP contribution in [0.3, 0.4) is 0 Å². The van der Waals surface area contributed by atoms with Crippen LogP contribution in [-0.4, -0.2) is 64.7 Å². The summed E-state index contributed by atoms with van der Waals surface area (Å²) in [6.07, 6.45) is 3.31. The van der Waals surface area contributed by atoms with E-state index >= 15 is 0 Å². The monoisotopic (exact) mass is 502 g/mol. The van der Waals surface area contributed by atoms with Gasteiger partial charge in [-0.25, -0.2) is 4.79 Å². The molecular weight excluding hydrogens is 460 g/mol. The highest BCUT2D eigenvalue weighted by molar-refractivity contribution is 5.90. The van der Waals surface area contributed by atoms with Crippen LogP contribution in [-0.2, 0) is 23.8 Å². The quantitative estimate of drug-likeness (QED) is 0.450. The molecule has 0 unspecified atom stereocenters. The number of carbonyl (C=O) groups is 2. The first-order valence-electron chi connectivity index (χ1n) is 13.9. The highest BCUT2D eigenvalue weighted by Crippen LogP contribution is 2.74. The summed E-state index contributed by atoms with van der Waals surface area (Å²) in [6.45, 7) is 9.98. The third-order valence-electron chi connectivity index (χ3n) is 12.3. The molecular formula is C29H42O7. The van der Waals surface area contributed by atoms with E-state index in [4.69, 9.17) is 14.2 Å². The number of esters is 1. The van der Waals surface area contributed by atoms with Gasteiger partial charge in [-0.2, -0.15) is 0 Å². The number of methoxy groups -OCH3 is 1. The molecule has 0 amide bonds. The number of ketones is 1. The molecule has 36 heavy (non-hydrogen) atoms. The van der Waals surface area contributed by atoms with E-state index in [0.29, 0.717) is 23.8 Å². The predicted octanol–water partition coefficient (Wildman–Crippen LogP) is 3.34. The van der Waals surface area contributed by atoms with Crippen molar-refractivity contribution >= 4 is 11.8 Å². The van der Waals surface area contributed by atoms with E-state index in [1.54, 1.807) is 14.0 Å². The Bertz CT molecular complexity index is 1030. The van der Waals surface area contributed by atoms with Crippen molar-refractivity contribution in [3.05, 3.63) is 11.1 Å². The summed E-state index contributed by atoms with van der Waals surface area (Å²) >= 11 is 0. The maximum Gasteiger partial charge on any atom is 0.334 e. The normalized spacial score (nSPS) is 53.6. The Labute approximate surface area is 213 Å². The van der Waals surface area contributed by atoms with Crippen LogP contribution >= 0.6 is 0 Å². The fourth-order valence-corrected chi connectivity index (χ4v) is 10.1. The van der Waals surface area contributed by atoms with Crippen molar-refractivity contribution in [3.63, 3.8) is 0 Å². The van der Waals surface area contributed by atoms with Gasteiger partial charge in [0.05, 0.1) is 17.6 Å². The number of carbonyl (C=O) groups excluding carboxylic acids is 2. The summed E-state index contributed by atoms with van der Waals surface area (Å²) in [5.41, 5.74) is -1.14. The lowest BCUT2D eigenvalue weighted by atomic mass is 9.43. The van der Waals surface area contributed by atoms with Crippen molar-refractivity contribution < 1.29 is 34.0 Å². The molecule has 12 atom stereocenters. The molecule has 2 aliphatic heterocycles. The molecule has 0 bridgehead atoms. The number of hydrogen-bond donors (Lipinski definition) is 2. The molecule has 1 spiro atoms. The third-order valence-corrected chi connectivity index (χ3v) is 12.3. The second-order valence-electron chi connectivity index (χ2n) is 13.5. The van der Waals surface area contributed by atoms with Crippen LogP contribution in [0.4, 0.5) is 0 Å². The first-order chi connectivity index (χ1) is 16.8. The van der Waals surface area contributed by atoms with E-state index in [1.807, 2.05) is 20.8 Å². The van der Waals surface area contributed by atoms with E-state index in [0.717, 1.165) is 37.7 Å². The lowest BCUT2D eigenvalue weighted by Crippen LogP contribution is -2.68. The van der Waals surface area contributed by atoms with Crippen molar-refractivity contribution in [3.8, 4) is 0 Å². The minimum absolute atomic E-state index is 0.00471. The number of hydrogen-bond acceptors (Lipinski definition) is 7. The smallest absolute Gasteiger partial charge is 0.334 e. The number of epoxide rings is 1. The Kier molecular flexibility index (Phi) is 5.31. The number of fused-ring (bicyclic) bond motifs is 4. The molecule has 0 radical (unpaired) electrons. The van der Waals surface area contributed by atoms with Gasteiger partial charge in [0, 0.05) is 25.5 Å². The molecule has 5 fully saturated rings. The minimum Gasteiger partial charge on any atom is -0.456 e. The number of rotatable bonds is 3. The molecule has 2 N–H and O–H groups in total. The van der Waals surface area contributed by atoms with Gasteiger partial charge >= 0.3 is 5.97 Å². The van der Waals surface area contributed by atoms with Gasteiger partial charge in [0.1, 0.15) is 29.2 Å². The Morgan fingerprint density at radius 2 is 1.81 bits per heavy atom. The molecule has 1 saturated heterocycles. The molecule has 200 valence electrons. The third kappa shape index (κ3) is 2.84. The van der Waals surface area contributed by atoms with Crippen LogP contribution in [0, 0.1) is 34.5 Å². The molecule has 6 rings (SSSR count). The first kappa shape index (κ1) is 25.0. The maximum atomic E-state index is 13.7. The van der Waals surface area contributed by atoms with E-state index < -0.39 is 34.9 Å². The summed E-state index contributed by atoms with van der Waals surface area (Å²) in [5, 5.41) is 23.2. The average molecular weight is 503 g/mol. The van der Waals surface area contributed by atoms with Crippen molar-refractivity contribution in [1.82, 2.24) is 0 Å². The highest BCUT2D eigenvalue weighted by Gasteiger charge is 2.82. The Morgan fingerprint density at radius 1 is 1.08 bits per heavy atom. The predicted molar refractivity (Wildman–Crippen MR) is 131 cm³/mol. The Hall–Kier alpha value is -1.28. The molecule has 0 aromatic rings. The van der Waals surface area contributed by atoms with Crippen LogP contribution in [0.2, 0.25) is 0 Å². The van der Waals surface area contributed by atoms with Gasteiger partial charge in [0.2, 0.25) is 0 Å². The Morgan fingerprint density at radius 3 is 2.47 bits per heavy atom. The van der Waals surface area contributed by atoms with Crippen LogP contribution in [0.1, 0.15) is 79.6 Å². The molecule has 4 saturated carbocycles. The molecule has 4 aliphatic carbocycles. The van der Waals surface area contributed by atoms with Gasteiger partial charge in [-0.1, -0.05) is 12.5 Å². The van der Waals surface area contributed by atoms with Gasteiger partial charge in [-0.15, -0.1) is 0 Å². The van der Waals surface area contributed by atoms with Crippen molar-refractivity contribution in [2.24, 2.45) is 34.5 Å². The fraction of sp³-hybridized carbons (Fsp3) is 0.862. The number of aliphatic hydroxyl groups excluding tert-OH is 1. The molecule has 7 heteroatoms. The van der Waals surface area contributed by atoms with Crippen LogP contribution in [0.5, 0.6) is 0 Å². The second-order valence-corrected chi connectivity index (χ2v) is 13.5. The number of ether oxygens (including phenoxy) is 3. The number of cyclic esters (lactones) is 1. The zero-order valence-corrected chi connectivity index (χ0v) is 22.5. The Balaban J connectivity index is 1.30. The summed E-state index contributed by atoms with van der Waals surface area (Å²) in [6, 6.07) is 0. The van der Waals surface area contributed by atoms with Crippen LogP contribution < -0.4 is 0 Å². The van der Waals surface area contributed by atoms with E-state index in [-0.39, 0.29) is 41.5 Å². The van der Waals surface area contributed by atoms with E-state index in [9.17, 15) is 19.8 Å². The summed E-state index contributed by atoms with van der Waals surface area (Å²) in [5.74, 6) is 0.661. The SMILES string of the molecule is CO[C@H]1CC(=O)[C@]2(C)[C@H]3CC[C@]4(C)[C@@H]([C@@](C)(O)[C@H]5CC(C)=C(C)C(=O)O5)CC[C@H]4[C@@H]3C[C@H]3O[C@]32[C@H]1O. The summed E-state index contributed by atoms with van der Waals surface area (Å²) in [4.78, 5) is 26.2. The van der Waals surface area contributed by atoms with E-state index in [2.05, 4.69) is 6.92 Å². The van der Waals surface area contributed by atoms with Gasteiger partial charge < -0.3 is 24.4 Å². The molecule has 6 aliphatic rings. The second kappa shape index (κ2) is 7.64. The van der Waals surface area contributed by atoms with Crippen LogP contribution in [0.15, 0.2) is 11.1 Å². The van der Waals surface area contributed by atoms with E-state index in [1.165, 1.54) is 0 Å². The largest absolute Gasteiger partial charge is 0.456 e. The number of Topliss-reactive ketones (excluding diaryl/α,β-unsaturated/α-hetero) is 1. The van der Waals surface area contributed by atoms with Gasteiger partial charge in [0.15, 0.2) is 0 Å². The van der Waals surface area contributed by atoms with Crippen molar-refractivity contribution in [2.75, 3.05) is 7.11 Å². The van der Waals surface area contributed by atoms with Gasteiger partial charge in [-0.3, -0.25) is 4.79 Å². The van der Waals surface area contributed by atoms with Crippen molar-refractivity contribution in [1.29, 1.82) is 0 Å². The minimum atomic E-state index is -1.13. The molecule has 2 heterocycles. The molecule has 0 aromatic carbocycles. The lowest BCUT2D eigenvalue weighted by Gasteiger charge is -2.60. The molecule has 7 nitrogen and oxygen atoms in total. The molecule has 0 aromatic heterocycles. The standard InChI is InChI=1S/C29H42O7/c1-14-11-22(35-25(32)15(14)2)28(5,33)20-8-7-17-16-12-23-29(36-23)24(31)19(34-6)13-21(30)27(29,4)18(16)9-10-26(17,20)3/h16-20,22-24,31,33H,7-13H2,1-6H3/t16-,17-,18-,19-,20-,22+,23+,24-,26-,27-,28+,29-/m0/s1. The van der Waals surface area contributed by atoms with Gasteiger partial charge in [-0.05, 0) is 88.9 Å². The average Bonchev–Trinajstić information content (AvgIpc) is 3.45. The summed E-state index contributed by atoms with van der Waals surface area (Å²) in [7, 11) is 1.56. The zero-order valence-electron chi connectivity index (χ0n) is 22.5. The topological polar surface area (TPSA) is 106 Å². The van der Waals surface area contributed by atoms with Crippen molar-refractivity contribution in [2.45, 2.75) is 115 Å². The van der Waals surface area contributed by atoms with Crippen LogP contribution in [0.25, 0.3) is 0 Å². The number of aliphatic hydroxyl groups is 2. The van der Waals surface area contributed by atoms with Gasteiger partial charge in [0.25, 0.3) is 0 Å². The zero-order chi connectivity index (χ0) is 26.0. The first-order valence-corrected chi connectivity index (χ1v) is 13.9.